The summed E-state index contributed by atoms with van der Waals surface area (Å²) in [6.07, 6.45) is 0.215. The van der Waals surface area contributed by atoms with Crippen LogP contribution in [0.1, 0.15) is 21.5 Å². The molecule has 39 heavy (non-hydrogen) atoms. The van der Waals surface area contributed by atoms with Crippen molar-refractivity contribution < 1.29 is 14.7 Å². The third-order valence-corrected chi connectivity index (χ3v) is 6.57. The van der Waals surface area contributed by atoms with Crippen LogP contribution in [0.3, 0.4) is 0 Å². The lowest BCUT2D eigenvalue weighted by atomic mass is 10.0. The predicted molar refractivity (Wildman–Crippen MR) is 149 cm³/mol. The highest BCUT2D eigenvalue weighted by Gasteiger charge is 2.23. The van der Waals surface area contributed by atoms with Gasteiger partial charge in [-0.25, -0.2) is 0 Å². The number of carbonyl (C=O) groups is 2. The summed E-state index contributed by atoms with van der Waals surface area (Å²) in [5, 5.41) is 17.3. The minimum Gasteiger partial charge on any atom is -0.507 e. The summed E-state index contributed by atoms with van der Waals surface area (Å²) in [5.41, 5.74) is 1.79. The Kier molecular flexibility index (Phi) is 7.16. The summed E-state index contributed by atoms with van der Waals surface area (Å²) in [6, 6.07) is 20.2. The van der Waals surface area contributed by atoms with Gasteiger partial charge in [-0.15, -0.1) is 0 Å². The molecule has 2 aromatic heterocycles. The first-order valence-electron chi connectivity index (χ1n) is 12.1. The van der Waals surface area contributed by atoms with Gasteiger partial charge in [0.2, 0.25) is 11.5 Å². The highest BCUT2D eigenvalue weighted by atomic mass is 35.5. The van der Waals surface area contributed by atoms with E-state index in [1.54, 1.807) is 18.2 Å². The third-order valence-electron chi connectivity index (χ3n) is 6.33. The molecule has 0 saturated heterocycles. The zero-order valence-electron chi connectivity index (χ0n) is 20.5. The van der Waals surface area contributed by atoms with Gasteiger partial charge < -0.3 is 25.7 Å². The van der Waals surface area contributed by atoms with Gasteiger partial charge in [-0.05, 0) is 47.5 Å². The van der Waals surface area contributed by atoms with E-state index in [0.29, 0.717) is 32.4 Å². The molecule has 2 amide bonds. The van der Waals surface area contributed by atoms with E-state index in [0.717, 1.165) is 11.6 Å². The van der Waals surface area contributed by atoms with Gasteiger partial charge in [0.1, 0.15) is 11.8 Å². The molecule has 0 spiro atoms. The maximum Gasteiger partial charge on any atom is 0.252 e. The largest absolute Gasteiger partial charge is 0.507 e. The third kappa shape index (κ3) is 5.83. The maximum atomic E-state index is 13.4. The monoisotopic (exact) mass is 542 g/mol. The Hall–Kier alpha value is -4.89. The van der Waals surface area contributed by atoms with Crippen LogP contribution in [-0.2, 0) is 17.8 Å². The van der Waals surface area contributed by atoms with E-state index in [1.807, 2.05) is 30.3 Å². The topological polar surface area (TPSA) is 144 Å². The van der Waals surface area contributed by atoms with E-state index in [9.17, 15) is 24.3 Å². The van der Waals surface area contributed by atoms with Crippen LogP contribution in [0.2, 0.25) is 5.02 Å². The van der Waals surface area contributed by atoms with Crippen LogP contribution >= 0.6 is 11.6 Å². The number of carbonyl (C=O) groups excluding carboxylic acids is 2. The van der Waals surface area contributed by atoms with Crippen LogP contribution in [0, 0.1) is 0 Å². The molecule has 0 aliphatic rings. The van der Waals surface area contributed by atoms with Crippen molar-refractivity contribution in [3.05, 3.63) is 121 Å². The molecular formula is C29H23ClN4O5. The Bertz CT molecular complexity index is 1830. The second-order valence-corrected chi connectivity index (χ2v) is 9.50. The summed E-state index contributed by atoms with van der Waals surface area (Å²) in [5.74, 6) is -1.24. The van der Waals surface area contributed by atoms with E-state index in [4.69, 9.17) is 11.6 Å². The van der Waals surface area contributed by atoms with E-state index >= 15 is 0 Å². The van der Waals surface area contributed by atoms with Crippen LogP contribution in [0.4, 0.5) is 0 Å². The first kappa shape index (κ1) is 25.7. The molecule has 9 nitrogen and oxygen atoms in total. The number of pyridine rings is 2. The average Bonchev–Trinajstić information content (AvgIpc) is 2.91. The summed E-state index contributed by atoms with van der Waals surface area (Å²) in [4.78, 5) is 55.7. The van der Waals surface area contributed by atoms with E-state index in [-0.39, 0.29) is 29.8 Å². The SMILES string of the molecule is O=C(N[C@@H](Cc1ccccc1)C(=O)NCc1cc(=O)[nH]c2ccc(Cl)cc12)c1ccc2[nH]c(=O)cc(O)c2c1. The fourth-order valence-electron chi connectivity index (χ4n) is 4.43. The Morgan fingerprint density at radius 1 is 0.846 bits per heavy atom. The Balaban J connectivity index is 1.40. The molecule has 10 heteroatoms. The highest BCUT2D eigenvalue weighted by molar-refractivity contribution is 6.31. The molecule has 5 aromatic rings. The summed E-state index contributed by atoms with van der Waals surface area (Å²) >= 11 is 6.14. The minimum atomic E-state index is -0.948. The van der Waals surface area contributed by atoms with E-state index < -0.39 is 23.4 Å². The van der Waals surface area contributed by atoms with Crippen LogP contribution in [-0.4, -0.2) is 32.9 Å². The summed E-state index contributed by atoms with van der Waals surface area (Å²) in [6.45, 7) is 0.0396. The second kappa shape index (κ2) is 10.8. The summed E-state index contributed by atoms with van der Waals surface area (Å²) < 4.78 is 0. The molecule has 2 heterocycles. The van der Waals surface area contributed by atoms with Crippen molar-refractivity contribution >= 4 is 45.2 Å². The molecular weight excluding hydrogens is 520 g/mol. The van der Waals surface area contributed by atoms with Crippen molar-refractivity contribution in [2.45, 2.75) is 19.0 Å². The van der Waals surface area contributed by atoms with Gasteiger partial charge >= 0.3 is 0 Å². The lowest BCUT2D eigenvalue weighted by Crippen LogP contribution is -2.47. The van der Waals surface area contributed by atoms with Gasteiger partial charge in [-0.1, -0.05) is 41.9 Å². The van der Waals surface area contributed by atoms with E-state index in [1.165, 1.54) is 24.3 Å². The molecule has 3 aromatic carbocycles. The average molecular weight is 543 g/mol. The molecule has 0 bridgehead atoms. The molecule has 0 fully saturated rings. The molecule has 0 unspecified atom stereocenters. The zero-order valence-corrected chi connectivity index (χ0v) is 21.2. The normalized spacial score (nSPS) is 11.8. The lowest BCUT2D eigenvalue weighted by molar-refractivity contribution is -0.123. The van der Waals surface area contributed by atoms with Gasteiger partial charge in [0.05, 0.1) is 5.52 Å². The van der Waals surface area contributed by atoms with Crippen molar-refractivity contribution in [1.82, 2.24) is 20.6 Å². The van der Waals surface area contributed by atoms with Crippen molar-refractivity contribution in [2.75, 3.05) is 0 Å². The van der Waals surface area contributed by atoms with Crippen molar-refractivity contribution in [2.24, 2.45) is 0 Å². The van der Waals surface area contributed by atoms with Gasteiger partial charge in [0, 0.05) is 52.0 Å². The maximum absolute atomic E-state index is 13.4. The molecule has 0 radical (unpaired) electrons. The van der Waals surface area contributed by atoms with Gasteiger partial charge in [-0.2, -0.15) is 0 Å². The quantitative estimate of drug-likeness (QED) is 0.214. The molecule has 5 rings (SSSR count). The van der Waals surface area contributed by atoms with Crippen molar-refractivity contribution in [1.29, 1.82) is 0 Å². The number of fused-ring (bicyclic) bond motifs is 2. The molecule has 0 aliphatic carbocycles. The number of aromatic hydroxyl groups is 1. The second-order valence-electron chi connectivity index (χ2n) is 9.06. The Morgan fingerprint density at radius 2 is 1.54 bits per heavy atom. The number of hydrogen-bond donors (Lipinski definition) is 5. The van der Waals surface area contributed by atoms with Crippen LogP contribution < -0.4 is 21.8 Å². The number of nitrogens with one attached hydrogen (secondary N) is 4. The fraction of sp³-hybridized carbons (Fsp3) is 0.103. The van der Waals surface area contributed by atoms with Crippen LogP contribution in [0.15, 0.2) is 88.5 Å². The van der Waals surface area contributed by atoms with Gasteiger partial charge in [-0.3, -0.25) is 19.2 Å². The number of rotatable bonds is 7. The number of aromatic amines is 2. The Morgan fingerprint density at radius 3 is 2.31 bits per heavy atom. The number of hydrogen-bond acceptors (Lipinski definition) is 5. The standard InChI is InChI=1S/C29H23ClN4O5/c30-19-7-9-22-20(13-19)18(12-26(36)32-22)15-31-29(39)24(10-16-4-2-1-3-5-16)34-28(38)17-6-8-23-21(11-17)25(35)14-27(37)33-23/h1-9,11-14,24H,10,15H2,(H,31,39)(H,32,36)(H,34,38)(H2,33,35,37)/t24-/m0/s1. The molecule has 196 valence electrons. The fourth-order valence-corrected chi connectivity index (χ4v) is 4.60. The predicted octanol–water partition coefficient (Wildman–Crippen LogP) is 3.39. The Labute approximate surface area is 226 Å². The highest BCUT2D eigenvalue weighted by Crippen LogP contribution is 2.22. The molecule has 1 atom stereocenters. The molecule has 0 saturated carbocycles. The minimum absolute atomic E-state index is 0.0396. The zero-order chi connectivity index (χ0) is 27.5. The number of benzene rings is 3. The van der Waals surface area contributed by atoms with E-state index in [2.05, 4.69) is 20.6 Å². The van der Waals surface area contributed by atoms with Gasteiger partial charge in [0.15, 0.2) is 0 Å². The number of amides is 2. The molecule has 0 aliphatic heterocycles. The van der Waals surface area contributed by atoms with Gasteiger partial charge in [0.25, 0.3) is 11.5 Å². The lowest BCUT2D eigenvalue weighted by Gasteiger charge is -2.19. The first-order chi connectivity index (χ1) is 18.8. The number of H-pyrrole nitrogens is 2. The van der Waals surface area contributed by atoms with Crippen molar-refractivity contribution in [3.63, 3.8) is 0 Å². The summed E-state index contributed by atoms with van der Waals surface area (Å²) in [7, 11) is 0. The molecule has 5 N–H and O–H groups in total. The number of halogens is 1. The van der Waals surface area contributed by atoms with Crippen LogP contribution in [0.25, 0.3) is 21.8 Å². The number of aromatic nitrogens is 2. The first-order valence-corrected chi connectivity index (χ1v) is 12.4. The van der Waals surface area contributed by atoms with Crippen molar-refractivity contribution in [3.8, 4) is 5.75 Å². The van der Waals surface area contributed by atoms with Crippen LogP contribution in [0.5, 0.6) is 5.75 Å². The smallest absolute Gasteiger partial charge is 0.252 e.